The molecule has 0 spiro atoms. The average Bonchev–Trinajstić information content (AvgIpc) is 2.33. The molecule has 5 nitrogen and oxygen atoms in total. The van der Waals surface area contributed by atoms with Crippen LogP contribution in [0.5, 0.6) is 0 Å². The molecule has 2 amide bonds. The Kier molecular flexibility index (Phi) is 4.36. The van der Waals surface area contributed by atoms with Gasteiger partial charge in [0.25, 0.3) is 0 Å². The molecule has 0 unspecified atom stereocenters. The van der Waals surface area contributed by atoms with Gasteiger partial charge in [-0.3, -0.25) is 9.59 Å². The summed E-state index contributed by atoms with van der Waals surface area (Å²) < 4.78 is 0. The van der Waals surface area contributed by atoms with E-state index in [1.807, 2.05) is 0 Å². The van der Waals surface area contributed by atoms with Crippen molar-refractivity contribution in [1.82, 2.24) is 15.5 Å². The first kappa shape index (κ1) is 12.4. The molecule has 1 aliphatic heterocycles. The molecule has 2 fully saturated rings. The first-order valence-electron chi connectivity index (χ1n) is 6.53. The zero-order valence-corrected chi connectivity index (χ0v) is 10.2. The Morgan fingerprint density at radius 3 is 2.82 bits per heavy atom. The maximum absolute atomic E-state index is 11.8. The van der Waals surface area contributed by atoms with E-state index >= 15 is 0 Å². The number of nitrogens with zero attached hydrogens (tertiary/aromatic N) is 1. The zero-order chi connectivity index (χ0) is 12.1. The largest absolute Gasteiger partial charge is 0.352 e. The Morgan fingerprint density at radius 2 is 2.12 bits per heavy atom. The highest BCUT2D eigenvalue weighted by Gasteiger charge is 2.22. The molecule has 2 N–H and O–H groups in total. The highest BCUT2D eigenvalue weighted by Crippen LogP contribution is 2.17. The summed E-state index contributed by atoms with van der Waals surface area (Å²) in [4.78, 5) is 24.9. The highest BCUT2D eigenvalue weighted by molar-refractivity contribution is 5.86. The van der Waals surface area contributed by atoms with Crippen molar-refractivity contribution in [3.05, 3.63) is 0 Å². The molecule has 1 heterocycles. The second-order valence-electron chi connectivity index (χ2n) is 4.89. The molecule has 1 saturated carbocycles. The van der Waals surface area contributed by atoms with Crippen LogP contribution in [0.2, 0.25) is 0 Å². The molecular weight excluding hydrogens is 218 g/mol. The quantitative estimate of drug-likeness (QED) is 0.721. The minimum absolute atomic E-state index is 0.00727. The summed E-state index contributed by atoms with van der Waals surface area (Å²) in [6.45, 7) is 1.99. The second kappa shape index (κ2) is 6.00. The van der Waals surface area contributed by atoms with Gasteiger partial charge in [-0.15, -0.1) is 0 Å². The topological polar surface area (TPSA) is 61.4 Å². The van der Waals surface area contributed by atoms with E-state index in [0.29, 0.717) is 19.1 Å². The minimum atomic E-state index is -0.00727. The van der Waals surface area contributed by atoms with Crippen LogP contribution in [0, 0.1) is 0 Å². The van der Waals surface area contributed by atoms with E-state index < -0.39 is 0 Å². The van der Waals surface area contributed by atoms with Gasteiger partial charge in [-0.2, -0.15) is 0 Å². The van der Waals surface area contributed by atoms with Crippen LogP contribution in [-0.4, -0.2) is 48.9 Å². The predicted octanol–water partition coefficient (Wildman–Crippen LogP) is -0.133. The summed E-state index contributed by atoms with van der Waals surface area (Å²) in [5.41, 5.74) is 0. The van der Waals surface area contributed by atoms with Crippen LogP contribution in [-0.2, 0) is 9.59 Å². The summed E-state index contributed by atoms with van der Waals surface area (Å²) in [5, 5.41) is 6.03. The predicted molar refractivity (Wildman–Crippen MR) is 64.5 cm³/mol. The molecule has 0 atom stereocenters. The van der Waals surface area contributed by atoms with Gasteiger partial charge in [0.15, 0.2) is 0 Å². The van der Waals surface area contributed by atoms with Gasteiger partial charge in [0.05, 0.1) is 13.1 Å². The molecule has 0 bridgehead atoms. The number of hydrogen-bond donors (Lipinski definition) is 2. The van der Waals surface area contributed by atoms with Crippen molar-refractivity contribution in [2.24, 2.45) is 0 Å². The summed E-state index contributed by atoms with van der Waals surface area (Å²) in [5.74, 6) is 0.0159. The van der Waals surface area contributed by atoms with Gasteiger partial charge >= 0.3 is 0 Å². The smallest absolute Gasteiger partial charge is 0.239 e. The number of hydrogen-bond acceptors (Lipinski definition) is 3. The summed E-state index contributed by atoms with van der Waals surface area (Å²) in [6, 6.07) is 0.328. The van der Waals surface area contributed by atoms with Gasteiger partial charge < -0.3 is 15.5 Å². The fourth-order valence-corrected chi connectivity index (χ4v) is 2.51. The first-order valence-corrected chi connectivity index (χ1v) is 6.53. The lowest BCUT2D eigenvalue weighted by atomic mass is 9.95. The van der Waals surface area contributed by atoms with Crippen LogP contribution in [0.3, 0.4) is 0 Å². The van der Waals surface area contributed by atoms with Crippen LogP contribution in [0.15, 0.2) is 0 Å². The highest BCUT2D eigenvalue weighted by atomic mass is 16.2. The number of carbonyl (C=O) groups is 2. The van der Waals surface area contributed by atoms with Crippen molar-refractivity contribution in [3.8, 4) is 0 Å². The Hall–Kier alpha value is -1.10. The van der Waals surface area contributed by atoms with E-state index in [1.165, 1.54) is 19.3 Å². The van der Waals surface area contributed by atoms with Gasteiger partial charge in [0, 0.05) is 19.1 Å². The molecule has 0 radical (unpaired) electrons. The Morgan fingerprint density at radius 1 is 1.35 bits per heavy atom. The summed E-state index contributed by atoms with van der Waals surface area (Å²) in [6.07, 6.45) is 5.86. The SMILES string of the molecule is O=C(CN1CCNCC1=O)NC1CCCCC1. The van der Waals surface area contributed by atoms with E-state index in [0.717, 1.165) is 19.4 Å². The number of piperazine rings is 1. The number of nitrogens with one attached hydrogen (secondary N) is 2. The first-order chi connectivity index (χ1) is 8.25. The lowest BCUT2D eigenvalue weighted by molar-refractivity contribution is -0.137. The van der Waals surface area contributed by atoms with E-state index in [2.05, 4.69) is 10.6 Å². The van der Waals surface area contributed by atoms with E-state index in [-0.39, 0.29) is 18.4 Å². The molecule has 2 aliphatic rings. The molecule has 0 aromatic heterocycles. The molecule has 2 rings (SSSR count). The Bertz CT molecular complexity index is 287. The van der Waals surface area contributed by atoms with Crippen molar-refractivity contribution in [1.29, 1.82) is 0 Å². The van der Waals surface area contributed by atoms with Gasteiger partial charge in [-0.05, 0) is 12.8 Å². The van der Waals surface area contributed by atoms with E-state index in [9.17, 15) is 9.59 Å². The van der Waals surface area contributed by atoms with E-state index in [1.54, 1.807) is 4.90 Å². The number of rotatable bonds is 3. The zero-order valence-electron chi connectivity index (χ0n) is 10.2. The van der Waals surface area contributed by atoms with Crippen LogP contribution >= 0.6 is 0 Å². The molecule has 1 saturated heterocycles. The lowest BCUT2D eigenvalue weighted by Crippen LogP contribution is -2.52. The standard InChI is InChI=1S/C12H21N3O2/c16-11(14-10-4-2-1-3-5-10)9-15-7-6-13-8-12(15)17/h10,13H,1-9H2,(H,14,16). The maximum Gasteiger partial charge on any atom is 0.239 e. The van der Waals surface area contributed by atoms with Crippen molar-refractivity contribution < 1.29 is 9.59 Å². The van der Waals surface area contributed by atoms with Gasteiger partial charge in [-0.1, -0.05) is 19.3 Å². The number of carbonyl (C=O) groups excluding carboxylic acids is 2. The molecule has 17 heavy (non-hydrogen) atoms. The molecule has 5 heteroatoms. The molecule has 1 aliphatic carbocycles. The van der Waals surface area contributed by atoms with Crippen LogP contribution in [0.25, 0.3) is 0 Å². The van der Waals surface area contributed by atoms with Crippen LogP contribution < -0.4 is 10.6 Å². The second-order valence-corrected chi connectivity index (χ2v) is 4.89. The van der Waals surface area contributed by atoms with Gasteiger partial charge in [-0.25, -0.2) is 0 Å². The van der Waals surface area contributed by atoms with Crippen molar-refractivity contribution in [3.63, 3.8) is 0 Å². The third-order valence-electron chi connectivity index (χ3n) is 3.49. The van der Waals surface area contributed by atoms with E-state index in [4.69, 9.17) is 0 Å². The Labute approximate surface area is 102 Å². The summed E-state index contributed by atoms with van der Waals surface area (Å²) in [7, 11) is 0. The van der Waals surface area contributed by atoms with Crippen LogP contribution in [0.1, 0.15) is 32.1 Å². The molecule has 0 aromatic rings. The van der Waals surface area contributed by atoms with Crippen molar-refractivity contribution in [2.75, 3.05) is 26.2 Å². The fraction of sp³-hybridized carbons (Fsp3) is 0.833. The minimum Gasteiger partial charge on any atom is -0.352 e. The Balaban J connectivity index is 1.74. The third kappa shape index (κ3) is 3.70. The van der Waals surface area contributed by atoms with Crippen molar-refractivity contribution >= 4 is 11.8 Å². The van der Waals surface area contributed by atoms with Crippen molar-refractivity contribution in [2.45, 2.75) is 38.1 Å². The maximum atomic E-state index is 11.8. The molecule has 0 aromatic carbocycles. The molecular formula is C12H21N3O2. The van der Waals surface area contributed by atoms with Crippen LogP contribution in [0.4, 0.5) is 0 Å². The normalized spacial score (nSPS) is 22.6. The lowest BCUT2D eigenvalue weighted by Gasteiger charge is -2.28. The fourth-order valence-electron chi connectivity index (χ4n) is 2.51. The average molecular weight is 239 g/mol. The molecule has 96 valence electrons. The van der Waals surface area contributed by atoms with Gasteiger partial charge in [0.2, 0.25) is 11.8 Å². The summed E-state index contributed by atoms with van der Waals surface area (Å²) >= 11 is 0. The monoisotopic (exact) mass is 239 g/mol. The van der Waals surface area contributed by atoms with Gasteiger partial charge in [0.1, 0.15) is 0 Å². The third-order valence-corrected chi connectivity index (χ3v) is 3.49. The number of amides is 2.